The predicted octanol–water partition coefficient (Wildman–Crippen LogP) is 17.3. The second-order valence-corrected chi connectivity index (χ2v) is 21.4. The number of allylic oxidation sites excluding steroid dienone is 6. The Morgan fingerprint density at radius 1 is 0.477 bits per heavy atom. The first-order chi connectivity index (χ1) is 31.6. The molecule has 0 heterocycles. The van der Waals surface area contributed by atoms with Crippen LogP contribution < -0.4 is 0 Å². The van der Waals surface area contributed by atoms with Gasteiger partial charge in [0.15, 0.2) is 0 Å². The van der Waals surface area contributed by atoms with Crippen LogP contribution in [0, 0.1) is 0 Å². The molecule has 0 aliphatic carbocycles. The number of hydrogen-bond donors (Lipinski definition) is 1. The van der Waals surface area contributed by atoms with Crippen LogP contribution in [0.2, 0.25) is 0 Å². The molecule has 384 valence electrons. The average Bonchev–Trinajstić information content (AvgIpc) is 3.27. The fourth-order valence-electron chi connectivity index (χ4n) is 7.87. The number of likely N-dealkylation sites (N-methyl/N-ethyl adjacent to an activating group) is 1. The summed E-state index contributed by atoms with van der Waals surface area (Å²) in [6.45, 7) is 5.63. The Bertz CT molecular complexity index is 1140. The number of phosphoric ester groups is 1. The van der Waals surface area contributed by atoms with Crippen LogP contribution >= 0.6 is 7.82 Å². The van der Waals surface area contributed by atoms with Gasteiger partial charge in [-0.3, -0.25) is 13.8 Å². The van der Waals surface area contributed by atoms with E-state index in [1.54, 1.807) is 0 Å². The van der Waals surface area contributed by atoms with Crippen molar-refractivity contribution in [3.63, 3.8) is 0 Å². The molecule has 0 bridgehead atoms. The van der Waals surface area contributed by atoms with Gasteiger partial charge in [0.25, 0.3) is 0 Å². The van der Waals surface area contributed by atoms with Crippen molar-refractivity contribution in [2.24, 2.45) is 0 Å². The van der Waals surface area contributed by atoms with E-state index in [0.717, 1.165) is 38.5 Å². The Morgan fingerprint density at radius 3 is 1.29 bits per heavy atom. The molecule has 0 radical (unpaired) electrons. The van der Waals surface area contributed by atoms with E-state index in [2.05, 4.69) is 50.3 Å². The molecule has 0 aliphatic heterocycles. The van der Waals surface area contributed by atoms with Gasteiger partial charge in [-0.2, -0.15) is 0 Å². The molecule has 0 aliphatic rings. The van der Waals surface area contributed by atoms with Crippen molar-refractivity contribution < 1.29 is 37.3 Å². The Balaban J connectivity index is 4.07. The summed E-state index contributed by atoms with van der Waals surface area (Å²) in [7, 11) is 1.67. The smallest absolute Gasteiger partial charge is 0.457 e. The fourth-order valence-corrected chi connectivity index (χ4v) is 8.62. The van der Waals surface area contributed by atoms with Crippen LogP contribution in [-0.4, -0.2) is 75.6 Å². The van der Waals surface area contributed by atoms with E-state index in [1.165, 1.54) is 199 Å². The molecule has 2 unspecified atom stereocenters. The molecular weight excluding hydrogens is 830 g/mol. The summed E-state index contributed by atoms with van der Waals surface area (Å²) in [4.78, 5) is 23.0. The molecule has 0 aromatic carbocycles. The summed E-state index contributed by atoms with van der Waals surface area (Å²) >= 11 is 0. The maximum atomic E-state index is 12.8. The molecular formula is C56H109NO7P+. The van der Waals surface area contributed by atoms with E-state index in [4.69, 9.17) is 18.5 Å². The van der Waals surface area contributed by atoms with Gasteiger partial charge in [0.1, 0.15) is 19.3 Å². The maximum absolute atomic E-state index is 12.8. The number of nitrogens with zero attached hydrogens (tertiary/aromatic N) is 1. The number of carbonyl (C=O) groups is 1. The summed E-state index contributed by atoms with van der Waals surface area (Å²) in [6.07, 6.45) is 60.6. The van der Waals surface area contributed by atoms with Crippen molar-refractivity contribution >= 4 is 13.8 Å². The van der Waals surface area contributed by atoms with E-state index in [1.807, 2.05) is 21.1 Å². The summed E-state index contributed by atoms with van der Waals surface area (Å²) < 4.78 is 35.2. The van der Waals surface area contributed by atoms with Crippen molar-refractivity contribution in [2.45, 2.75) is 264 Å². The van der Waals surface area contributed by atoms with E-state index in [-0.39, 0.29) is 25.8 Å². The van der Waals surface area contributed by atoms with Crippen LogP contribution in [0.3, 0.4) is 0 Å². The fraction of sp³-hybridized carbons (Fsp3) is 0.875. The van der Waals surface area contributed by atoms with Crippen LogP contribution in [-0.2, 0) is 27.9 Å². The minimum Gasteiger partial charge on any atom is -0.457 e. The van der Waals surface area contributed by atoms with Crippen LogP contribution in [0.4, 0.5) is 0 Å². The van der Waals surface area contributed by atoms with Crippen LogP contribution in [0.25, 0.3) is 0 Å². The highest BCUT2D eigenvalue weighted by atomic mass is 31.2. The third-order valence-electron chi connectivity index (χ3n) is 12.2. The molecule has 0 aromatic rings. The molecule has 0 spiro atoms. The predicted molar refractivity (Wildman–Crippen MR) is 280 cm³/mol. The van der Waals surface area contributed by atoms with E-state index < -0.39 is 13.9 Å². The third-order valence-corrected chi connectivity index (χ3v) is 13.2. The molecule has 0 rings (SSSR count). The monoisotopic (exact) mass is 939 g/mol. The minimum absolute atomic E-state index is 0.0881. The summed E-state index contributed by atoms with van der Waals surface area (Å²) in [5.74, 6) is -0.312. The molecule has 8 nitrogen and oxygen atoms in total. The molecule has 0 fully saturated rings. The minimum atomic E-state index is -4.28. The van der Waals surface area contributed by atoms with Crippen molar-refractivity contribution in [1.29, 1.82) is 0 Å². The van der Waals surface area contributed by atoms with Crippen molar-refractivity contribution in [3.05, 3.63) is 36.5 Å². The standard InChI is InChI=1S/C56H108NO7P/c1-6-8-10-12-14-16-18-20-22-24-26-27-28-29-30-31-32-33-35-37-39-41-43-45-47-49-56(58)64-55(54-63-65(59,60)62-52-50-57(3,4)5)53-61-51-48-46-44-42-40-38-36-34-25-23-21-19-17-15-13-11-9-7-2/h15,17,21,23-24,26,55H,6-14,16,18-20,22,25,27-54H2,1-5H3/p+1/b17-15-,23-21-,26-24-. The van der Waals surface area contributed by atoms with Crippen LogP contribution in [0.1, 0.15) is 258 Å². The summed E-state index contributed by atoms with van der Waals surface area (Å²) in [5.41, 5.74) is 0. The molecule has 65 heavy (non-hydrogen) atoms. The van der Waals surface area contributed by atoms with E-state index >= 15 is 0 Å². The molecule has 0 amide bonds. The van der Waals surface area contributed by atoms with E-state index in [9.17, 15) is 14.3 Å². The first-order valence-corrected chi connectivity index (χ1v) is 29.2. The van der Waals surface area contributed by atoms with Gasteiger partial charge < -0.3 is 18.9 Å². The maximum Gasteiger partial charge on any atom is 0.472 e. The molecule has 1 N–H and O–H groups in total. The van der Waals surface area contributed by atoms with Crippen LogP contribution in [0.15, 0.2) is 36.5 Å². The van der Waals surface area contributed by atoms with Gasteiger partial charge in [-0.15, -0.1) is 0 Å². The normalized spacial score (nSPS) is 13.8. The Labute approximate surface area is 404 Å². The van der Waals surface area contributed by atoms with Gasteiger partial charge in [0, 0.05) is 13.0 Å². The lowest BCUT2D eigenvalue weighted by Gasteiger charge is -2.24. The van der Waals surface area contributed by atoms with E-state index in [0.29, 0.717) is 24.1 Å². The highest BCUT2D eigenvalue weighted by Gasteiger charge is 2.26. The zero-order valence-corrected chi connectivity index (χ0v) is 44.6. The first kappa shape index (κ1) is 63.7. The van der Waals surface area contributed by atoms with Gasteiger partial charge in [-0.05, 0) is 70.6 Å². The Morgan fingerprint density at radius 2 is 0.846 bits per heavy atom. The van der Waals surface area contributed by atoms with Gasteiger partial charge in [-0.25, -0.2) is 4.57 Å². The number of carbonyl (C=O) groups excluding carboxylic acids is 1. The number of ether oxygens (including phenoxy) is 2. The van der Waals surface area contributed by atoms with Gasteiger partial charge in [-0.1, -0.05) is 217 Å². The number of esters is 1. The highest BCUT2D eigenvalue weighted by molar-refractivity contribution is 7.47. The lowest BCUT2D eigenvalue weighted by atomic mass is 10.0. The number of rotatable bonds is 52. The number of unbranched alkanes of at least 4 members (excludes halogenated alkanes) is 32. The SMILES string of the molecule is CCCCC/C=C\C/C=C\CCCCCCCCCCOCC(COP(=O)(O)OCC[N+](C)(C)C)OC(=O)CCCCCCCCCCCCCCC/C=C\CCCCCCCCCC. The summed E-state index contributed by atoms with van der Waals surface area (Å²) in [6, 6.07) is 0. The Kier molecular flexibility index (Phi) is 48.2. The largest absolute Gasteiger partial charge is 0.472 e. The zero-order valence-electron chi connectivity index (χ0n) is 43.7. The number of hydrogen-bond acceptors (Lipinski definition) is 6. The topological polar surface area (TPSA) is 91.3 Å². The summed E-state index contributed by atoms with van der Waals surface area (Å²) in [5, 5.41) is 0. The zero-order chi connectivity index (χ0) is 47.6. The first-order valence-electron chi connectivity index (χ1n) is 27.7. The van der Waals surface area contributed by atoms with Gasteiger partial charge >= 0.3 is 13.8 Å². The molecule has 2 atom stereocenters. The number of quaternary nitrogens is 1. The average molecular weight is 939 g/mol. The molecule has 0 saturated carbocycles. The lowest BCUT2D eigenvalue weighted by Crippen LogP contribution is -2.37. The third kappa shape index (κ3) is 53.5. The van der Waals surface area contributed by atoms with Crippen molar-refractivity contribution in [3.8, 4) is 0 Å². The molecule has 9 heteroatoms. The molecule has 0 aromatic heterocycles. The van der Waals surface area contributed by atoms with Gasteiger partial charge in [0.2, 0.25) is 0 Å². The highest BCUT2D eigenvalue weighted by Crippen LogP contribution is 2.43. The van der Waals surface area contributed by atoms with Crippen molar-refractivity contribution in [2.75, 3.05) is 54.1 Å². The second-order valence-electron chi connectivity index (χ2n) is 20.0. The van der Waals surface area contributed by atoms with Gasteiger partial charge in [0.05, 0.1) is 34.4 Å². The second kappa shape index (κ2) is 49.2. The quantitative estimate of drug-likeness (QED) is 0.0214. The van der Waals surface area contributed by atoms with Crippen molar-refractivity contribution in [1.82, 2.24) is 0 Å². The van der Waals surface area contributed by atoms with Crippen LogP contribution in [0.5, 0.6) is 0 Å². The lowest BCUT2D eigenvalue weighted by molar-refractivity contribution is -0.870. The number of phosphoric acid groups is 1. The molecule has 0 saturated heterocycles. The Hall–Kier alpha value is -1.28.